The molecule has 0 aliphatic rings. The molecule has 0 aliphatic heterocycles. The first-order valence-electron chi connectivity index (χ1n) is 29.6. The molecule has 2 aromatic heterocycles. The van der Waals surface area contributed by atoms with Crippen molar-refractivity contribution in [1.82, 2.24) is 9.13 Å². The molecule has 6 nitrogen and oxygen atoms in total. The van der Waals surface area contributed by atoms with E-state index in [4.69, 9.17) is 9.47 Å². The van der Waals surface area contributed by atoms with E-state index in [1.807, 2.05) is 54.6 Å². The van der Waals surface area contributed by atoms with Crippen molar-refractivity contribution in [3.63, 3.8) is 0 Å². The van der Waals surface area contributed by atoms with Crippen LogP contribution in [0.2, 0.25) is 19.1 Å². The number of hydrogen-bond donors (Lipinski definition) is 2. The number of fused-ring (bicyclic) bond motifs is 6. The van der Waals surface area contributed by atoms with Crippen LogP contribution >= 0.6 is 0 Å². The van der Waals surface area contributed by atoms with E-state index in [1.165, 1.54) is 93.7 Å². The van der Waals surface area contributed by atoms with Crippen LogP contribution in [-0.4, -0.2) is 40.6 Å². The Labute approximate surface area is 512 Å². The third-order valence-corrected chi connectivity index (χ3v) is 19.9. The van der Waals surface area contributed by atoms with Crippen LogP contribution in [0.15, 0.2) is 158 Å². The Kier molecular flexibility index (Phi) is 23.0. The van der Waals surface area contributed by atoms with E-state index in [0.29, 0.717) is 71.2 Å². The Bertz CT molecular complexity index is 3650. The van der Waals surface area contributed by atoms with Gasteiger partial charge in [0.1, 0.15) is 34.6 Å². The number of aromatic hydroxyl groups is 2. The van der Waals surface area contributed by atoms with E-state index in [0.717, 1.165) is 80.9 Å². The van der Waals surface area contributed by atoms with E-state index >= 15 is 8.78 Å². The molecule has 10 rings (SSSR count). The van der Waals surface area contributed by atoms with Gasteiger partial charge >= 0.3 is 0 Å². The number of nitrogens with zero attached hydrogens (tertiary/aromatic N) is 2. The van der Waals surface area contributed by atoms with Crippen molar-refractivity contribution in [3.8, 4) is 56.6 Å². The van der Waals surface area contributed by atoms with Crippen LogP contribution in [0, 0.1) is 26.5 Å². The molecular weight excluding hydrogens is 1210 g/mol. The van der Waals surface area contributed by atoms with Gasteiger partial charge in [-0.2, -0.15) is 0 Å². The van der Waals surface area contributed by atoms with Gasteiger partial charge < -0.3 is 43.7 Å². The topological polar surface area (TPSA) is 68.8 Å². The number of aryl methyl sites for hydroxylation is 1. The van der Waals surface area contributed by atoms with Crippen molar-refractivity contribution in [2.75, 3.05) is 13.2 Å². The van der Waals surface area contributed by atoms with Gasteiger partial charge in [0.2, 0.25) is 0 Å². The quantitative estimate of drug-likeness (QED) is 0.0306. The Morgan fingerprint density at radius 2 is 0.807 bits per heavy atom. The maximum absolute atomic E-state index is 15.6. The average molecular weight is 1300 g/mol. The van der Waals surface area contributed by atoms with Crippen molar-refractivity contribution in [2.45, 2.75) is 136 Å². The van der Waals surface area contributed by atoms with Gasteiger partial charge in [-0.15, -0.1) is 0 Å². The summed E-state index contributed by atoms with van der Waals surface area (Å²) in [4.78, 5) is 0. The first-order chi connectivity index (χ1) is 39.1. The van der Waals surface area contributed by atoms with Gasteiger partial charge in [-0.3, -0.25) is 0 Å². The zero-order valence-corrected chi connectivity index (χ0v) is 54.4. The van der Waals surface area contributed by atoms with Gasteiger partial charge in [0, 0.05) is 69.6 Å². The first kappa shape index (κ1) is 64.1. The molecule has 0 saturated carbocycles. The van der Waals surface area contributed by atoms with Gasteiger partial charge in [0.25, 0.3) is 0 Å². The number of hydrogen-bond acceptors (Lipinski definition) is 4. The second-order valence-electron chi connectivity index (χ2n) is 22.6. The summed E-state index contributed by atoms with van der Waals surface area (Å²) < 4.78 is 48.5. The van der Waals surface area contributed by atoms with Crippen LogP contribution in [0.1, 0.15) is 116 Å². The third kappa shape index (κ3) is 14.4. The molecule has 2 heterocycles. The van der Waals surface area contributed by atoms with Crippen LogP contribution in [0.5, 0.6) is 23.0 Å². The molecule has 0 atom stereocenters. The Morgan fingerprint density at radius 1 is 0.422 bits per heavy atom. The van der Waals surface area contributed by atoms with Crippen LogP contribution in [0.4, 0.5) is 8.78 Å². The molecule has 10 aromatic rings. The number of halogens is 2. The zero-order valence-electron chi connectivity index (χ0n) is 49.8. The van der Waals surface area contributed by atoms with E-state index in [-0.39, 0.29) is 52.2 Å². The molecule has 434 valence electrons. The van der Waals surface area contributed by atoms with E-state index in [1.54, 1.807) is 12.1 Å². The van der Waals surface area contributed by atoms with Crippen LogP contribution in [0.3, 0.4) is 0 Å². The SMILES string of the molecule is CCCCCCCCCc1cc(-c2cc(F)ccc2OCCCCOc2ccc(F)cc2-c2cc([Si](C)(C)CCCCCCCC)cc(-n3c4ccccc4c4ccccc43)c2O)c(O)c(-n2c3ccccc3c3ccccc32)c1.[CH3-].[CH3-].[Hf]. The van der Waals surface area contributed by atoms with Gasteiger partial charge in [0.05, 0.1) is 54.7 Å². The summed E-state index contributed by atoms with van der Waals surface area (Å²) >= 11 is 0. The van der Waals surface area contributed by atoms with Crippen LogP contribution < -0.4 is 14.7 Å². The second kappa shape index (κ2) is 29.8. The molecule has 0 bridgehead atoms. The van der Waals surface area contributed by atoms with E-state index < -0.39 is 19.7 Å². The number of phenols is 2. The van der Waals surface area contributed by atoms with E-state index in [9.17, 15) is 10.2 Å². The monoisotopic (exact) mass is 1300 g/mol. The van der Waals surface area contributed by atoms with Gasteiger partial charge in [-0.05, 0) is 110 Å². The molecule has 0 spiro atoms. The van der Waals surface area contributed by atoms with Gasteiger partial charge in [-0.1, -0.05) is 194 Å². The standard InChI is InChI=1S/C71H78F2N2O4Si.2CH3.Hf/c1-5-7-9-11-13-14-16-28-50-44-60(70(76)66(45-50)74-62-33-21-17-29-54(62)55-30-18-22-34-63(55)74)58-46-51(72)37-39-68(58)78-41-25-26-42-79-69-40-38-52(73)47-59(69)61-48-53(80(3,4)43-27-15-12-10-8-6-2)49-67(71(61)77)75-64-35-23-19-31-56(64)57-32-20-24-36-65(57)75;;;/h17-24,29-40,44-49,76-77H,5-16,25-28,41-43H2,1-4H3;2*1H3;/q;2*-1;. The average Bonchev–Trinajstić information content (AvgIpc) is 2.26. The molecule has 0 aliphatic carbocycles. The minimum Gasteiger partial charge on any atom is -0.505 e. The minimum atomic E-state index is -2.11. The maximum Gasteiger partial charge on any atom is 0.147 e. The fraction of sp³-hybridized carbons (Fsp3) is 0.315. The molecule has 0 unspecified atom stereocenters. The third-order valence-electron chi connectivity index (χ3n) is 16.4. The molecule has 83 heavy (non-hydrogen) atoms. The summed E-state index contributed by atoms with van der Waals surface area (Å²) in [7, 11) is -2.11. The number of ether oxygens (including phenoxy) is 2. The molecule has 8 aromatic carbocycles. The van der Waals surface area contributed by atoms with Crippen molar-refractivity contribution in [3.05, 3.63) is 190 Å². The smallest absolute Gasteiger partial charge is 0.147 e. The van der Waals surface area contributed by atoms with Gasteiger partial charge in [-0.25, -0.2) is 8.78 Å². The number of rotatable bonds is 27. The zero-order chi connectivity index (χ0) is 55.6. The van der Waals surface area contributed by atoms with Crippen molar-refractivity contribution < 1.29 is 54.3 Å². The predicted octanol–water partition coefficient (Wildman–Crippen LogP) is 20.6. The maximum atomic E-state index is 15.6. The molecular formula is C73H84F2HfN2O4Si-2. The Balaban J connectivity index is 0.00000330. The minimum absolute atomic E-state index is 0. The number of phenolic OH excluding ortho intramolecular Hbond substituents is 2. The molecule has 0 amide bonds. The summed E-state index contributed by atoms with van der Waals surface area (Å²) in [6, 6.07) is 51.7. The Morgan fingerprint density at radius 3 is 1.25 bits per heavy atom. The number of para-hydroxylation sites is 4. The van der Waals surface area contributed by atoms with E-state index in [2.05, 4.69) is 103 Å². The molecule has 10 heteroatoms. The number of unbranched alkanes of at least 4 members (excludes halogenated alkanes) is 12. The summed E-state index contributed by atoms with van der Waals surface area (Å²) in [6.45, 7) is 9.92. The molecule has 0 saturated heterocycles. The normalized spacial score (nSPS) is 11.5. The van der Waals surface area contributed by atoms with Crippen molar-refractivity contribution >= 4 is 56.9 Å². The fourth-order valence-corrected chi connectivity index (χ4v) is 14.5. The Hall–Kier alpha value is -6.49. The summed E-state index contributed by atoms with van der Waals surface area (Å²) in [5.41, 5.74) is 8.36. The second-order valence-corrected chi connectivity index (χ2v) is 27.4. The number of benzene rings is 8. The summed E-state index contributed by atoms with van der Waals surface area (Å²) in [5.74, 6) is 0.242. The predicted molar refractivity (Wildman–Crippen MR) is 346 cm³/mol. The largest absolute Gasteiger partial charge is 0.505 e. The van der Waals surface area contributed by atoms with Crippen LogP contribution in [0.25, 0.3) is 77.2 Å². The molecule has 0 radical (unpaired) electrons. The van der Waals surface area contributed by atoms with Crippen molar-refractivity contribution in [1.29, 1.82) is 0 Å². The number of aromatic nitrogens is 2. The first-order valence-corrected chi connectivity index (χ1v) is 32.8. The fourth-order valence-electron chi connectivity index (χ4n) is 12.0. The summed E-state index contributed by atoms with van der Waals surface area (Å²) in [6.07, 6.45) is 17.6. The van der Waals surface area contributed by atoms with Crippen molar-refractivity contribution in [2.24, 2.45) is 0 Å². The molecule has 2 N–H and O–H groups in total. The van der Waals surface area contributed by atoms with Gasteiger partial charge in [0.15, 0.2) is 0 Å². The summed E-state index contributed by atoms with van der Waals surface area (Å²) in [5, 5.41) is 30.7. The van der Waals surface area contributed by atoms with Crippen LogP contribution in [-0.2, 0) is 32.3 Å². The molecule has 0 fully saturated rings.